The fourth-order valence-corrected chi connectivity index (χ4v) is 2.44. The van der Waals surface area contributed by atoms with Crippen LogP contribution in [0.3, 0.4) is 0 Å². The lowest BCUT2D eigenvalue weighted by Crippen LogP contribution is -2.41. The third-order valence-corrected chi connectivity index (χ3v) is 4.03. The molecule has 0 heterocycles. The number of hydrogen-bond acceptors (Lipinski definition) is 4. The number of rotatable bonds is 8. The molecule has 0 aliphatic carbocycles. The van der Waals surface area contributed by atoms with Crippen molar-refractivity contribution in [1.82, 2.24) is 5.32 Å². The standard InChI is InChI=1S/C21H23NO4/c1-15(8-9-17-6-4-3-5-7-17)22-20(24)16(2)26-21(25)19-12-10-18(14-23)11-13-19/h3-7,10-16H,8-9H2,1-2H3,(H,22,24)/t15-,16-/m0/s1. The minimum atomic E-state index is -0.896. The molecule has 0 saturated heterocycles. The molecular weight excluding hydrogens is 330 g/mol. The highest BCUT2D eigenvalue weighted by Gasteiger charge is 2.20. The van der Waals surface area contributed by atoms with Crippen LogP contribution >= 0.6 is 0 Å². The first-order chi connectivity index (χ1) is 12.5. The van der Waals surface area contributed by atoms with Gasteiger partial charge in [-0.25, -0.2) is 4.79 Å². The lowest BCUT2D eigenvalue weighted by molar-refractivity contribution is -0.129. The Morgan fingerprint density at radius 2 is 1.69 bits per heavy atom. The van der Waals surface area contributed by atoms with E-state index in [-0.39, 0.29) is 11.9 Å². The highest BCUT2D eigenvalue weighted by molar-refractivity contribution is 5.92. The van der Waals surface area contributed by atoms with Gasteiger partial charge in [0.2, 0.25) is 0 Å². The van der Waals surface area contributed by atoms with Gasteiger partial charge in [0, 0.05) is 11.6 Å². The highest BCUT2D eigenvalue weighted by Crippen LogP contribution is 2.08. The highest BCUT2D eigenvalue weighted by atomic mass is 16.5. The van der Waals surface area contributed by atoms with Crippen LogP contribution in [0.1, 0.15) is 46.5 Å². The first-order valence-electron chi connectivity index (χ1n) is 8.60. The first-order valence-corrected chi connectivity index (χ1v) is 8.60. The van der Waals surface area contributed by atoms with E-state index in [2.05, 4.69) is 17.4 Å². The molecule has 0 aromatic heterocycles. The molecule has 5 nitrogen and oxygen atoms in total. The van der Waals surface area contributed by atoms with Gasteiger partial charge in [0.15, 0.2) is 6.10 Å². The van der Waals surface area contributed by atoms with Gasteiger partial charge >= 0.3 is 5.97 Å². The van der Waals surface area contributed by atoms with E-state index < -0.39 is 12.1 Å². The van der Waals surface area contributed by atoms with Crippen LogP contribution < -0.4 is 5.32 Å². The molecule has 136 valence electrons. The zero-order valence-corrected chi connectivity index (χ0v) is 15.0. The third-order valence-electron chi connectivity index (χ3n) is 4.03. The molecule has 0 fully saturated rings. The predicted molar refractivity (Wildman–Crippen MR) is 99.1 cm³/mol. The van der Waals surface area contributed by atoms with Crippen molar-refractivity contribution < 1.29 is 19.1 Å². The molecule has 0 aliphatic heterocycles. The third kappa shape index (κ3) is 5.84. The Hall–Kier alpha value is -2.95. The van der Waals surface area contributed by atoms with Gasteiger partial charge in [0.1, 0.15) is 6.29 Å². The first kappa shape index (κ1) is 19.4. The average Bonchev–Trinajstić information content (AvgIpc) is 2.67. The molecular formula is C21H23NO4. The van der Waals surface area contributed by atoms with Gasteiger partial charge < -0.3 is 10.1 Å². The lowest BCUT2D eigenvalue weighted by atomic mass is 10.1. The Morgan fingerprint density at radius 1 is 1.04 bits per heavy atom. The van der Waals surface area contributed by atoms with E-state index in [1.807, 2.05) is 25.1 Å². The Bertz CT molecular complexity index is 740. The van der Waals surface area contributed by atoms with E-state index >= 15 is 0 Å². The topological polar surface area (TPSA) is 72.5 Å². The van der Waals surface area contributed by atoms with E-state index in [0.29, 0.717) is 17.4 Å². The minimum Gasteiger partial charge on any atom is -0.449 e. The van der Waals surface area contributed by atoms with Crippen LogP contribution in [0, 0.1) is 0 Å². The Kier molecular flexibility index (Phi) is 7.09. The summed E-state index contributed by atoms with van der Waals surface area (Å²) in [5, 5.41) is 2.86. The molecule has 0 unspecified atom stereocenters. The molecule has 1 amide bonds. The number of carbonyl (C=O) groups excluding carboxylic acids is 3. The van der Waals surface area contributed by atoms with Crippen molar-refractivity contribution in [3.8, 4) is 0 Å². The molecule has 2 rings (SSSR count). The summed E-state index contributed by atoms with van der Waals surface area (Å²) in [7, 11) is 0. The second-order valence-electron chi connectivity index (χ2n) is 6.22. The van der Waals surface area contributed by atoms with E-state index in [1.165, 1.54) is 36.8 Å². The maximum Gasteiger partial charge on any atom is 0.338 e. The summed E-state index contributed by atoms with van der Waals surface area (Å²) < 4.78 is 5.20. The number of esters is 1. The van der Waals surface area contributed by atoms with Crippen molar-refractivity contribution >= 4 is 18.2 Å². The van der Waals surface area contributed by atoms with Crippen LogP contribution in [0.4, 0.5) is 0 Å². The maximum absolute atomic E-state index is 12.2. The molecule has 2 aromatic rings. The zero-order chi connectivity index (χ0) is 18.9. The molecule has 0 radical (unpaired) electrons. The fourth-order valence-electron chi connectivity index (χ4n) is 2.44. The largest absolute Gasteiger partial charge is 0.449 e. The number of benzene rings is 2. The molecule has 26 heavy (non-hydrogen) atoms. The Labute approximate surface area is 153 Å². The Morgan fingerprint density at radius 3 is 2.31 bits per heavy atom. The second kappa shape index (κ2) is 9.51. The Balaban J connectivity index is 1.80. The predicted octanol–water partition coefficient (Wildman–Crippen LogP) is 3.18. The van der Waals surface area contributed by atoms with Gasteiger partial charge in [-0.2, -0.15) is 0 Å². The number of ether oxygens (including phenoxy) is 1. The van der Waals surface area contributed by atoms with Crippen molar-refractivity contribution in [3.63, 3.8) is 0 Å². The lowest BCUT2D eigenvalue weighted by Gasteiger charge is -2.18. The maximum atomic E-state index is 12.2. The van der Waals surface area contributed by atoms with E-state index in [4.69, 9.17) is 4.74 Å². The smallest absolute Gasteiger partial charge is 0.338 e. The van der Waals surface area contributed by atoms with Crippen LogP contribution in [0.25, 0.3) is 0 Å². The van der Waals surface area contributed by atoms with Gasteiger partial charge in [0.25, 0.3) is 5.91 Å². The van der Waals surface area contributed by atoms with Crippen molar-refractivity contribution in [1.29, 1.82) is 0 Å². The molecule has 0 bridgehead atoms. The molecule has 0 aliphatic rings. The summed E-state index contributed by atoms with van der Waals surface area (Å²) in [6.45, 7) is 3.46. The van der Waals surface area contributed by atoms with Crippen LogP contribution in [0.15, 0.2) is 54.6 Å². The van der Waals surface area contributed by atoms with Crippen LogP contribution in [-0.4, -0.2) is 30.3 Å². The fraction of sp³-hybridized carbons (Fsp3) is 0.286. The van der Waals surface area contributed by atoms with Crippen molar-refractivity contribution in [2.75, 3.05) is 0 Å². The van der Waals surface area contributed by atoms with Gasteiger partial charge in [-0.1, -0.05) is 42.5 Å². The quantitative estimate of drug-likeness (QED) is 0.584. The van der Waals surface area contributed by atoms with Gasteiger partial charge in [-0.15, -0.1) is 0 Å². The van der Waals surface area contributed by atoms with E-state index in [0.717, 1.165) is 12.8 Å². The summed E-state index contributed by atoms with van der Waals surface area (Å²) in [6, 6.07) is 16.1. The van der Waals surface area contributed by atoms with Gasteiger partial charge in [-0.3, -0.25) is 9.59 Å². The SMILES string of the molecule is C[C@H](OC(=O)c1ccc(C=O)cc1)C(=O)N[C@@H](C)CCc1ccccc1. The van der Waals surface area contributed by atoms with Crippen molar-refractivity contribution in [3.05, 3.63) is 71.3 Å². The monoisotopic (exact) mass is 353 g/mol. The minimum absolute atomic E-state index is 0.0317. The van der Waals surface area contributed by atoms with Crippen LogP contribution in [0.2, 0.25) is 0 Å². The number of nitrogens with one attached hydrogen (secondary N) is 1. The second-order valence-corrected chi connectivity index (χ2v) is 6.22. The number of aldehydes is 1. The molecule has 2 aromatic carbocycles. The number of amides is 1. The summed E-state index contributed by atoms with van der Waals surface area (Å²) in [6.07, 6.45) is 1.46. The van der Waals surface area contributed by atoms with Crippen molar-refractivity contribution in [2.45, 2.75) is 38.8 Å². The normalized spacial score (nSPS) is 12.7. The van der Waals surface area contributed by atoms with Crippen LogP contribution in [-0.2, 0) is 16.0 Å². The molecule has 5 heteroatoms. The van der Waals surface area contributed by atoms with Gasteiger partial charge in [0.05, 0.1) is 5.56 Å². The number of hydrogen-bond donors (Lipinski definition) is 1. The number of aryl methyl sites for hydroxylation is 1. The summed E-state index contributed by atoms with van der Waals surface area (Å²) in [5.41, 5.74) is 1.99. The molecule has 1 N–H and O–H groups in total. The zero-order valence-electron chi connectivity index (χ0n) is 15.0. The molecule has 0 saturated carbocycles. The average molecular weight is 353 g/mol. The van der Waals surface area contributed by atoms with Gasteiger partial charge in [-0.05, 0) is 44.4 Å². The van der Waals surface area contributed by atoms with E-state index in [1.54, 1.807) is 0 Å². The van der Waals surface area contributed by atoms with Crippen LogP contribution in [0.5, 0.6) is 0 Å². The summed E-state index contributed by atoms with van der Waals surface area (Å²) >= 11 is 0. The number of carbonyl (C=O) groups is 3. The van der Waals surface area contributed by atoms with Crippen molar-refractivity contribution in [2.24, 2.45) is 0 Å². The van der Waals surface area contributed by atoms with E-state index in [9.17, 15) is 14.4 Å². The summed E-state index contributed by atoms with van der Waals surface area (Å²) in [5.74, 6) is -0.925. The molecule has 0 spiro atoms. The molecule has 2 atom stereocenters. The summed E-state index contributed by atoms with van der Waals surface area (Å²) in [4.78, 5) is 34.9.